The van der Waals surface area contributed by atoms with Crippen LogP contribution in [-0.4, -0.2) is 18.3 Å². The number of rotatable bonds is 4. The molecule has 0 atom stereocenters. The molecule has 2 aromatic carbocycles. The van der Waals surface area contributed by atoms with Crippen LogP contribution < -0.4 is 10.2 Å². The van der Waals surface area contributed by atoms with Gasteiger partial charge in [-0.1, -0.05) is 12.1 Å². The summed E-state index contributed by atoms with van der Waals surface area (Å²) in [6.07, 6.45) is 0. The first-order chi connectivity index (χ1) is 11.7. The van der Waals surface area contributed by atoms with Crippen LogP contribution in [0.25, 0.3) is 0 Å². The summed E-state index contributed by atoms with van der Waals surface area (Å²) in [5, 5.41) is 0. The fraction of sp³-hybridized carbons (Fsp3) is 0.368. The summed E-state index contributed by atoms with van der Waals surface area (Å²) < 4.78 is 44.7. The van der Waals surface area contributed by atoms with Crippen molar-refractivity contribution in [2.45, 2.75) is 45.5 Å². The van der Waals surface area contributed by atoms with Gasteiger partial charge in [-0.3, -0.25) is 0 Å². The van der Waals surface area contributed by atoms with Crippen LogP contribution >= 0.6 is 0 Å². The predicted molar refractivity (Wildman–Crippen MR) is 92.8 cm³/mol. The Morgan fingerprint density at radius 1 is 0.920 bits per heavy atom. The summed E-state index contributed by atoms with van der Waals surface area (Å²) in [6.45, 7) is 7.91. The van der Waals surface area contributed by atoms with Gasteiger partial charge in [-0.2, -0.15) is 0 Å². The van der Waals surface area contributed by atoms with E-state index in [1.807, 2.05) is 27.7 Å². The molecule has 132 valence electrons. The van der Waals surface area contributed by atoms with E-state index in [2.05, 4.69) is 0 Å². The molecule has 1 heterocycles. The lowest BCUT2D eigenvalue weighted by molar-refractivity contribution is 0.00578. The third-order valence-electron chi connectivity index (χ3n) is 4.81. The van der Waals surface area contributed by atoms with E-state index >= 15 is 0 Å². The van der Waals surface area contributed by atoms with E-state index in [1.165, 1.54) is 24.3 Å². The van der Waals surface area contributed by atoms with Crippen molar-refractivity contribution in [3.8, 4) is 5.75 Å². The summed E-state index contributed by atoms with van der Waals surface area (Å²) in [6, 6.07) is 10.3. The average molecular weight is 346 g/mol. The maximum Gasteiger partial charge on any atom is 0.495 e. The largest absolute Gasteiger partial charge is 0.495 e. The van der Waals surface area contributed by atoms with Gasteiger partial charge in [-0.05, 0) is 63.0 Å². The lowest BCUT2D eigenvalue weighted by Gasteiger charge is -2.32. The molecule has 1 aliphatic rings. The van der Waals surface area contributed by atoms with Gasteiger partial charge in [0.25, 0.3) is 0 Å². The Kier molecular flexibility index (Phi) is 4.60. The van der Waals surface area contributed by atoms with Gasteiger partial charge < -0.3 is 14.0 Å². The Labute approximate surface area is 147 Å². The van der Waals surface area contributed by atoms with Crippen molar-refractivity contribution in [2.75, 3.05) is 0 Å². The number of hydrogen-bond acceptors (Lipinski definition) is 3. The van der Waals surface area contributed by atoms with Crippen LogP contribution in [0, 0.1) is 11.6 Å². The van der Waals surface area contributed by atoms with Crippen LogP contribution in [0.1, 0.15) is 33.3 Å². The smallest absolute Gasteiger partial charge is 0.489 e. The Morgan fingerprint density at radius 2 is 1.56 bits per heavy atom. The van der Waals surface area contributed by atoms with E-state index in [0.29, 0.717) is 11.2 Å². The maximum atomic E-state index is 13.8. The molecule has 0 bridgehead atoms. The summed E-state index contributed by atoms with van der Waals surface area (Å²) in [7, 11) is -0.688. The van der Waals surface area contributed by atoms with E-state index in [-0.39, 0.29) is 18.2 Å². The predicted octanol–water partition coefficient (Wildman–Crippen LogP) is 3.84. The quantitative estimate of drug-likeness (QED) is 0.788. The number of halogens is 2. The maximum absolute atomic E-state index is 13.8. The number of hydrogen-bond donors (Lipinski definition) is 0. The van der Waals surface area contributed by atoms with Crippen molar-refractivity contribution in [1.29, 1.82) is 0 Å². The molecular formula is C19H21BF2O3. The average Bonchev–Trinajstić information content (AvgIpc) is 2.74. The summed E-state index contributed by atoms with van der Waals surface area (Å²) in [5.74, 6) is -0.341. The standard InChI is InChI=1S/C19H21BF2O3/c1-18(2)19(3,4)25-20(24-18)17-11-15(22)9-8-13(17)12-23-16-7-5-6-14(21)10-16/h5-11H,12H2,1-4H3. The topological polar surface area (TPSA) is 27.7 Å². The van der Waals surface area contributed by atoms with Gasteiger partial charge in [0.2, 0.25) is 0 Å². The van der Waals surface area contributed by atoms with E-state index in [1.54, 1.807) is 18.2 Å². The van der Waals surface area contributed by atoms with Crippen molar-refractivity contribution in [2.24, 2.45) is 0 Å². The Balaban J connectivity index is 1.84. The zero-order valence-electron chi connectivity index (χ0n) is 14.8. The van der Waals surface area contributed by atoms with Crippen LogP contribution in [0.15, 0.2) is 42.5 Å². The minimum atomic E-state index is -0.688. The van der Waals surface area contributed by atoms with Crippen molar-refractivity contribution < 1.29 is 22.8 Å². The number of ether oxygens (including phenoxy) is 1. The molecule has 0 amide bonds. The van der Waals surface area contributed by atoms with Crippen molar-refractivity contribution in [3.05, 3.63) is 59.7 Å². The summed E-state index contributed by atoms with van der Waals surface area (Å²) in [4.78, 5) is 0. The first-order valence-corrected chi connectivity index (χ1v) is 8.20. The fourth-order valence-electron chi connectivity index (χ4n) is 2.60. The SMILES string of the molecule is CC1(C)OB(c2cc(F)ccc2COc2cccc(F)c2)OC1(C)C. The van der Waals surface area contributed by atoms with Gasteiger partial charge in [0, 0.05) is 6.07 Å². The van der Waals surface area contributed by atoms with Crippen LogP contribution in [0.3, 0.4) is 0 Å². The molecule has 1 fully saturated rings. The molecule has 3 nitrogen and oxygen atoms in total. The molecule has 0 aliphatic carbocycles. The first kappa shape index (κ1) is 17.9. The lowest BCUT2D eigenvalue weighted by Crippen LogP contribution is -2.41. The van der Waals surface area contributed by atoms with Crippen LogP contribution in [0.2, 0.25) is 0 Å². The molecule has 0 aromatic heterocycles. The van der Waals surface area contributed by atoms with Crippen molar-refractivity contribution in [3.63, 3.8) is 0 Å². The molecular weight excluding hydrogens is 325 g/mol. The highest BCUT2D eigenvalue weighted by atomic mass is 19.1. The highest BCUT2D eigenvalue weighted by molar-refractivity contribution is 6.62. The molecule has 0 unspecified atom stereocenters. The summed E-state index contributed by atoms with van der Waals surface area (Å²) >= 11 is 0. The molecule has 6 heteroatoms. The molecule has 0 N–H and O–H groups in total. The minimum Gasteiger partial charge on any atom is -0.489 e. The van der Waals surface area contributed by atoms with Gasteiger partial charge >= 0.3 is 7.12 Å². The van der Waals surface area contributed by atoms with Gasteiger partial charge in [-0.25, -0.2) is 8.78 Å². The van der Waals surface area contributed by atoms with Crippen molar-refractivity contribution in [1.82, 2.24) is 0 Å². The second kappa shape index (κ2) is 6.43. The first-order valence-electron chi connectivity index (χ1n) is 8.20. The zero-order chi connectivity index (χ0) is 18.2. The fourth-order valence-corrected chi connectivity index (χ4v) is 2.60. The summed E-state index contributed by atoms with van der Waals surface area (Å²) in [5.41, 5.74) is 0.259. The van der Waals surface area contributed by atoms with Gasteiger partial charge in [0.15, 0.2) is 0 Å². The van der Waals surface area contributed by atoms with Crippen LogP contribution in [-0.2, 0) is 15.9 Å². The number of benzene rings is 2. The van der Waals surface area contributed by atoms with Crippen LogP contribution in [0.5, 0.6) is 5.75 Å². The molecule has 3 rings (SSSR count). The molecule has 0 spiro atoms. The monoisotopic (exact) mass is 346 g/mol. The molecule has 1 aliphatic heterocycles. The molecule has 0 radical (unpaired) electrons. The Morgan fingerprint density at radius 3 is 2.20 bits per heavy atom. The molecule has 25 heavy (non-hydrogen) atoms. The Bertz CT molecular complexity index is 761. The molecule has 2 aromatic rings. The third kappa shape index (κ3) is 3.70. The Hall–Kier alpha value is -1.92. The second-order valence-corrected chi connectivity index (χ2v) is 7.18. The third-order valence-corrected chi connectivity index (χ3v) is 4.81. The second-order valence-electron chi connectivity index (χ2n) is 7.18. The van der Waals surface area contributed by atoms with Gasteiger partial charge in [0.05, 0.1) is 11.2 Å². The molecule has 1 saturated heterocycles. The van der Waals surface area contributed by atoms with E-state index < -0.39 is 18.3 Å². The van der Waals surface area contributed by atoms with E-state index in [9.17, 15) is 8.78 Å². The minimum absolute atomic E-state index is 0.156. The van der Waals surface area contributed by atoms with E-state index in [0.717, 1.165) is 5.56 Å². The van der Waals surface area contributed by atoms with Crippen molar-refractivity contribution >= 4 is 12.6 Å². The lowest BCUT2D eigenvalue weighted by atomic mass is 9.76. The highest BCUT2D eigenvalue weighted by Crippen LogP contribution is 2.36. The normalized spacial score (nSPS) is 18.4. The van der Waals surface area contributed by atoms with Gasteiger partial charge in [-0.15, -0.1) is 0 Å². The molecule has 0 saturated carbocycles. The van der Waals surface area contributed by atoms with Gasteiger partial charge in [0.1, 0.15) is 24.0 Å². The van der Waals surface area contributed by atoms with E-state index in [4.69, 9.17) is 14.0 Å². The highest BCUT2D eigenvalue weighted by Gasteiger charge is 2.52. The zero-order valence-corrected chi connectivity index (χ0v) is 14.8. The van der Waals surface area contributed by atoms with Crippen LogP contribution in [0.4, 0.5) is 8.78 Å².